The van der Waals surface area contributed by atoms with Gasteiger partial charge in [0.05, 0.1) is 5.92 Å². The number of aliphatic hydroxyl groups excluding tert-OH is 1. The Labute approximate surface area is 160 Å². The number of ketones is 1. The zero-order valence-electron chi connectivity index (χ0n) is 15.5. The number of rotatable bonds is 2. The molecule has 7 atom stereocenters. The molecule has 28 heavy (non-hydrogen) atoms. The molecule has 8 heteroatoms. The number of allylic oxidation sites excluding steroid dienone is 1. The fourth-order valence-corrected chi connectivity index (χ4v) is 5.17. The van der Waals surface area contributed by atoms with E-state index in [1.54, 1.807) is 32.1 Å². The van der Waals surface area contributed by atoms with Gasteiger partial charge in [-0.1, -0.05) is 19.1 Å². The Morgan fingerprint density at radius 3 is 2.61 bits per heavy atom. The highest BCUT2D eigenvalue weighted by Crippen LogP contribution is 2.66. The van der Waals surface area contributed by atoms with Crippen molar-refractivity contribution in [2.75, 3.05) is 0 Å². The molecule has 1 saturated heterocycles. The third-order valence-corrected chi connectivity index (χ3v) is 6.57. The molecule has 1 aromatic carbocycles. The van der Waals surface area contributed by atoms with Crippen molar-refractivity contribution in [2.45, 2.75) is 50.0 Å². The van der Waals surface area contributed by atoms with E-state index >= 15 is 0 Å². The minimum Gasteiger partial charge on any atom is -0.456 e. The van der Waals surface area contributed by atoms with Crippen LogP contribution in [-0.4, -0.2) is 50.2 Å². The van der Waals surface area contributed by atoms with E-state index in [4.69, 9.17) is 14.2 Å². The minimum atomic E-state index is -2.26. The molecular weight excluding hydrogens is 368 g/mol. The number of carbonyl (C=O) groups excluding carboxylic acids is 2. The van der Waals surface area contributed by atoms with Crippen molar-refractivity contribution in [3.63, 3.8) is 0 Å². The Hall–Kier alpha value is -2.42. The molecule has 0 radical (unpaired) electrons. The van der Waals surface area contributed by atoms with Crippen molar-refractivity contribution in [3.05, 3.63) is 35.4 Å². The molecule has 5 rings (SSSR count). The number of aryl methyl sites for hydroxylation is 1. The van der Waals surface area contributed by atoms with Crippen LogP contribution in [0.15, 0.2) is 24.3 Å². The van der Waals surface area contributed by atoms with Gasteiger partial charge < -0.3 is 29.5 Å². The molecule has 0 aromatic heterocycles. The predicted octanol–water partition coefficient (Wildman–Crippen LogP) is 0.308. The number of aliphatic hydroxyl groups is 3. The number of carbonyl (C=O) groups is 2. The summed E-state index contributed by atoms with van der Waals surface area (Å²) in [5.41, 5.74) is -3.45. The van der Waals surface area contributed by atoms with E-state index in [0.29, 0.717) is 5.56 Å². The van der Waals surface area contributed by atoms with Gasteiger partial charge in [-0.2, -0.15) is 0 Å². The van der Waals surface area contributed by atoms with Crippen LogP contribution >= 0.6 is 0 Å². The molecule has 1 aromatic rings. The first-order valence-electron chi connectivity index (χ1n) is 9.13. The van der Waals surface area contributed by atoms with Gasteiger partial charge in [0.15, 0.2) is 17.3 Å². The quantitative estimate of drug-likeness (QED) is 0.489. The molecule has 0 unspecified atom stereocenters. The average molecular weight is 388 g/mol. The van der Waals surface area contributed by atoms with Crippen molar-refractivity contribution in [2.24, 2.45) is 11.8 Å². The standard InChI is InChI=1S/C20H20O8/c1-8-4-5-11-15(12(8)14(22)10(3)21)28-20(27-11)18(24)7-6-9(2)13-16(18)26-17(23)19(13,20)25/h4-7,9,13-14,16,22,24-25H,1-3H3/t9-,13-,14-,16-,18-,19+,20+/m1/s1. The van der Waals surface area contributed by atoms with E-state index < -0.39 is 46.9 Å². The molecule has 3 N–H and O–H groups in total. The maximum absolute atomic E-state index is 12.6. The number of benzene rings is 1. The molecule has 2 fully saturated rings. The lowest BCUT2D eigenvalue weighted by molar-refractivity contribution is -0.288. The van der Waals surface area contributed by atoms with Crippen LogP contribution in [-0.2, 0) is 14.3 Å². The molecular formula is C20H20O8. The highest BCUT2D eigenvalue weighted by atomic mass is 16.8. The van der Waals surface area contributed by atoms with Crippen molar-refractivity contribution < 1.29 is 39.1 Å². The Morgan fingerprint density at radius 1 is 1.25 bits per heavy atom. The summed E-state index contributed by atoms with van der Waals surface area (Å²) in [6, 6.07) is 3.18. The van der Waals surface area contributed by atoms with Gasteiger partial charge in [-0.15, -0.1) is 0 Å². The van der Waals surface area contributed by atoms with Crippen molar-refractivity contribution >= 4 is 11.8 Å². The van der Waals surface area contributed by atoms with E-state index in [1.165, 1.54) is 13.0 Å². The van der Waals surface area contributed by atoms with Gasteiger partial charge >= 0.3 is 11.8 Å². The first-order valence-corrected chi connectivity index (χ1v) is 9.13. The molecule has 2 aliphatic heterocycles. The van der Waals surface area contributed by atoms with E-state index in [0.717, 1.165) is 0 Å². The topological polar surface area (TPSA) is 123 Å². The summed E-state index contributed by atoms with van der Waals surface area (Å²) in [7, 11) is 0. The zero-order chi connectivity index (χ0) is 20.2. The van der Waals surface area contributed by atoms with Crippen molar-refractivity contribution in [1.82, 2.24) is 0 Å². The lowest BCUT2D eigenvalue weighted by Crippen LogP contribution is -2.73. The number of esters is 1. The first kappa shape index (κ1) is 17.7. The highest BCUT2D eigenvalue weighted by Gasteiger charge is 2.91. The summed E-state index contributed by atoms with van der Waals surface area (Å²) in [6.07, 6.45) is 0.608. The maximum Gasteiger partial charge on any atom is 0.347 e. The lowest BCUT2D eigenvalue weighted by atomic mass is 9.79. The number of Topliss-reactive ketones (excluding diaryl/α,β-unsaturated/α-hetero) is 1. The molecule has 1 saturated carbocycles. The molecule has 1 spiro atoms. The third kappa shape index (κ3) is 1.60. The van der Waals surface area contributed by atoms with Crippen LogP contribution in [0.25, 0.3) is 0 Å². The van der Waals surface area contributed by atoms with Gasteiger partial charge in [0.25, 0.3) is 5.60 Å². The molecule has 2 heterocycles. The summed E-state index contributed by atoms with van der Waals surface area (Å²) in [4.78, 5) is 24.4. The van der Waals surface area contributed by atoms with Gasteiger partial charge in [0.1, 0.15) is 12.2 Å². The van der Waals surface area contributed by atoms with Gasteiger partial charge in [0.2, 0.25) is 5.60 Å². The van der Waals surface area contributed by atoms with Crippen LogP contribution in [0.2, 0.25) is 0 Å². The predicted molar refractivity (Wildman–Crippen MR) is 92.4 cm³/mol. The summed E-state index contributed by atoms with van der Waals surface area (Å²) in [5.74, 6) is -4.51. The minimum absolute atomic E-state index is 0.0246. The summed E-state index contributed by atoms with van der Waals surface area (Å²) < 4.78 is 17.3. The van der Waals surface area contributed by atoms with Gasteiger partial charge in [-0.25, -0.2) is 4.79 Å². The fraction of sp³-hybridized carbons (Fsp3) is 0.500. The van der Waals surface area contributed by atoms with Crippen LogP contribution < -0.4 is 9.47 Å². The van der Waals surface area contributed by atoms with E-state index in [1.807, 2.05) is 0 Å². The number of fused-ring (bicyclic) bond motifs is 3. The Balaban J connectivity index is 1.73. The van der Waals surface area contributed by atoms with Gasteiger partial charge in [-0.05, 0) is 37.5 Å². The van der Waals surface area contributed by atoms with Gasteiger partial charge in [0, 0.05) is 5.56 Å². The van der Waals surface area contributed by atoms with E-state index in [2.05, 4.69) is 0 Å². The Kier molecular flexibility index (Phi) is 3.12. The third-order valence-electron chi connectivity index (χ3n) is 6.57. The highest BCUT2D eigenvalue weighted by molar-refractivity contribution is 5.88. The Bertz CT molecular complexity index is 969. The van der Waals surface area contributed by atoms with Crippen LogP contribution in [0.5, 0.6) is 11.5 Å². The van der Waals surface area contributed by atoms with Crippen LogP contribution in [0.3, 0.4) is 0 Å². The smallest absolute Gasteiger partial charge is 0.347 e. The second-order valence-corrected chi connectivity index (χ2v) is 8.12. The second-order valence-electron chi connectivity index (χ2n) is 8.12. The monoisotopic (exact) mass is 388 g/mol. The van der Waals surface area contributed by atoms with Crippen LogP contribution in [0.1, 0.15) is 31.1 Å². The number of hydrogen-bond acceptors (Lipinski definition) is 8. The average Bonchev–Trinajstić information content (AvgIpc) is 3.19. The maximum atomic E-state index is 12.6. The molecule has 4 bridgehead atoms. The molecule has 8 nitrogen and oxygen atoms in total. The Morgan fingerprint density at radius 2 is 1.96 bits per heavy atom. The lowest BCUT2D eigenvalue weighted by Gasteiger charge is -2.44. The number of ether oxygens (including phenoxy) is 3. The normalized spacial score (nSPS) is 42.8. The second kappa shape index (κ2) is 4.94. The fourth-order valence-electron chi connectivity index (χ4n) is 5.17. The molecule has 148 valence electrons. The zero-order valence-corrected chi connectivity index (χ0v) is 15.5. The number of hydrogen-bond donors (Lipinski definition) is 3. The molecule has 4 aliphatic rings. The first-order chi connectivity index (χ1) is 13.1. The van der Waals surface area contributed by atoms with E-state index in [9.17, 15) is 24.9 Å². The SMILES string of the molecule is CC(=O)[C@@H](O)c1c(C)ccc2c1O[C@@]1(O2)[C@@]2(O)C=C[C@@H](C)[C@@H]3[C@H]2OC(=O)[C@@]31O. The molecule has 0 amide bonds. The summed E-state index contributed by atoms with van der Waals surface area (Å²) >= 11 is 0. The van der Waals surface area contributed by atoms with Gasteiger partial charge in [-0.3, -0.25) is 4.79 Å². The summed E-state index contributed by atoms with van der Waals surface area (Å²) in [5, 5.41) is 33.3. The van der Waals surface area contributed by atoms with E-state index in [-0.39, 0.29) is 23.0 Å². The summed E-state index contributed by atoms with van der Waals surface area (Å²) in [6.45, 7) is 4.73. The molecule has 2 aliphatic carbocycles. The largest absolute Gasteiger partial charge is 0.456 e. The van der Waals surface area contributed by atoms with Crippen LogP contribution in [0, 0.1) is 18.8 Å². The van der Waals surface area contributed by atoms with Crippen molar-refractivity contribution in [1.29, 1.82) is 0 Å². The van der Waals surface area contributed by atoms with Crippen LogP contribution in [0.4, 0.5) is 0 Å². The van der Waals surface area contributed by atoms with Crippen molar-refractivity contribution in [3.8, 4) is 11.5 Å².